The van der Waals surface area contributed by atoms with E-state index in [-0.39, 0.29) is 12.7 Å². The molecule has 1 atom stereocenters. The molecule has 0 aliphatic rings. The van der Waals surface area contributed by atoms with E-state index >= 15 is 0 Å². The van der Waals surface area contributed by atoms with Gasteiger partial charge in [0.05, 0.1) is 52.4 Å². The van der Waals surface area contributed by atoms with Crippen molar-refractivity contribution in [1.82, 2.24) is 0 Å². The summed E-state index contributed by atoms with van der Waals surface area (Å²) in [5, 5.41) is 16.7. The van der Waals surface area contributed by atoms with Crippen molar-refractivity contribution in [1.29, 1.82) is 0 Å². The van der Waals surface area contributed by atoms with Crippen LogP contribution >= 0.6 is 0 Å². The number of methoxy groups -OCH3 is 2. The number of aliphatic hydroxyl groups excluding tert-OH is 2. The first-order chi connectivity index (χ1) is 8.18. The molecule has 17 heavy (non-hydrogen) atoms. The Morgan fingerprint density at radius 2 is 1.41 bits per heavy atom. The van der Waals surface area contributed by atoms with Crippen molar-refractivity contribution in [3.05, 3.63) is 0 Å². The number of hydrogen-bond acceptors (Lipinski definition) is 6. The summed E-state index contributed by atoms with van der Waals surface area (Å²) < 4.78 is 19.4. The lowest BCUT2D eigenvalue weighted by atomic mass is 10.5. The molecular formula is C11H26O6. The van der Waals surface area contributed by atoms with Crippen LogP contribution in [-0.2, 0) is 18.9 Å². The van der Waals surface area contributed by atoms with E-state index in [0.717, 1.165) is 0 Å². The van der Waals surface area contributed by atoms with E-state index < -0.39 is 0 Å². The Bertz CT molecular complexity index is 113. The van der Waals surface area contributed by atoms with Gasteiger partial charge in [0, 0.05) is 14.2 Å². The molecule has 2 N–H and O–H groups in total. The smallest absolute Gasteiger partial charge is 0.0745 e. The Morgan fingerprint density at radius 3 is 1.76 bits per heavy atom. The van der Waals surface area contributed by atoms with Crippen molar-refractivity contribution in [2.24, 2.45) is 0 Å². The summed E-state index contributed by atoms with van der Waals surface area (Å²) in [5.74, 6) is 0. The molecule has 0 rings (SSSR count). The van der Waals surface area contributed by atoms with Crippen molar-refractivity contribution in [3.8, 4) is 0 Å². The molecule has 0 bridgehead atoms. The Labute approximate surface area is 103 Å². The van der Waals surface area contributed by atoms with Gasteiger partial charge in [-0.25, -0.2) is 0 Å². The van der Waals surface area contributed by atoms with Gasteiger partial charge in [-0.3, -0.25) is 0 Å². The number of ether oxygens (including phenoxy) is 4. The van der Waals surface area contributed by atoms with E-state index in [9.17, 15) is 0 Å². The molecule has 6 heteroatoms. The molecule has 0 aromatic rings. The lowest BCUT2D eigenvalue weighted by Gasteiger charge is -2.03. The molecular weight excluding hydrogens is 228 g/mol. The van der Waals surface area contributed by atoms with Crippen molar-refractivity contribution < 1.29 is 29.2 Å². The second-order valence-corrected chi connectivity index (χ2v) is 3.25. The Morgan fingerprint density at radius 1 is 0.882 bits per heavy atom. The molecule has 1 unspecified atom stereocenters. The second kappa shape index (κ2) is 18.1. The van der Waals surface area contributed by atoms with Crippen LogP contribution in [0.1, 0.15) is 6.92 Å². The normalized spacial score (nSPS) is 11.8. The summed E-state index contributed by atoms with van der Waals surface area (Å²) in [7, 11) is 3.19. The van der Waals surface area contributed by atoms with Crippen LogP contribution in [0.4, 0.5) is 0 Å². The van der Waals surface area contributed by atoms with E-state index in [1.165, 1.54) is 0 Å². The van der Waals surface area contributed by atoms with Gasteiger partial charge >= 0.3 is 0 Å². The van der Waals surface area contributed by atoms with Crippen molar-refractivity contribution in [2.75, 3.05) is 60.5 Å². The summed E-state index contributed by atoms with van der Waals surface area (Å²) in [6, 6.07) is 0. The van der Waals surface area contributed by atoms with E-state index in [0.29, 0.717) is 39.6 Å². The topological polar surface area (TPSA) is 77.4 Å². The summed E-state index contributed by atoms with van der Waals surface area (Å²) >= 11 is 0. The van der Waals surface area contributed by atoms with Crippen molar-refractivity contribution in [2.45, 2.75) is 13.0 Å². The molecule has 0 heterocycles. The zero-order valence-electron chi connectivity index (χ0n) is 11.1. The summed E-state index contributed by atoms with van der Waals surface area (Å²) in [5.41, 5.74) is 0. The third-order valence-corrected chi connectivity index (χ3v) is 1.45. The molecule has 0 radical (unpaired) electrons. The van der Waals surface area contributed by atoms with Crippen molar-refractivity contribution >= 4 is 0 Å². The first kappa shape index (κ1) is 19.1. The number of rotatable bonds is 10. The lowest BCUT2D eigenvalue weighted by Crippen LogP contribution is -2.09. The third kappa shape index (κ3) is 25.8. The van der Waals surface area contributed by atoms with Gasteiger partial charge in [-0.2, -0.15) is 0 Å². The molecule has 0 amide bonds. The summed E-state index contributed by atoms with van der Waals surface area (Å²) in [6.45, 7) is 4.86. The largest absolute Gasteiger partial charge is 0.394 e. The predicted octanol–water partition coefficient (Wildman–Crippen LogP) is -0.328. The maximum atomic E-state index is 8.43. The molecule has 0 spiro atoms. The van der Waals surface area contributed by atoms with Gasteiger partial charge in [-0.1, -0.05) is 0 Å². The van der Waals surface area contributed by atoms with E-state index in [1.807, 2.05) is 0 Å². The van der Waals surface area contributed by atoms with Crippen LogP contribution in [0.5, 0.6) is 0 Å². The van der Waals surface area contributed by atoms with E-state index in [4.69, 9.17) is 24.4 Å². The number of aliphatic hydroxyl groups is 2. The molecule has 0 fully saturated rings. The van der Waals surface area contributed by atoms with Crippen LogP contribution in [0.25, 0.3) is 0 Å². The highest BCUT2D eigenvalue weighted by molar-refractivity contribution is 4.36. The standard InChI is InChI=1S/C7H16O4.C4H10O2/c1-9-4-5-11-7-6-10-3-2-8;1-4(5)3-6-2/h8H,2-7H2,1H3;4-5H,3H2,1-2H3. The Kier molecular flexibility index (Phi) is 20.4. The second-order valence-electron chi connectivity index (χ2n) is 3.25. The molecule has 0 saturated heterocycles. The zero-order chi connectivity index (χ0) is 13.4. The first-order valence-electron chi connectivity index (χ1n) is 5.61. The van der Waals surface area contributed by atoms with Crippen LogP contribution in [0, 0.1) is 0 Å². The number of hydrogen-bond donors (Lipinski definition) is 2. The van der Waals surface area contributed by atoms with Crippen molar-refractivity contribution in [3.63, 3.8) is 0 Å². The molecule has 106 valence electrons. The SMILES string of the molecule is COCC(C)O.COCCOCCOCCO. The maximum Gasteiger partial charge on any atom is 0.0745 e. The summed E-state index contributed by atoms with van der Waals surface area (Å²) in [4.78, 5) is 0. The monoisotopic (exact) mass is 254 g/mol. The fourth-order valence-corrected chi connectivity index (χ4v) is 0.770. The van der Waals surface area contributed by atoms with Gasteiger partial charge in [-0.15, -0.1) is 0 Å². The molecule has 6 nitrogen and oxygen atoms in total. The van der Waals surface area contributed by atoms with Gasteiger partial charge in [0.1, 0.15) is 0 Å². The predicted molar refractivity (Wildman–Crippen MR) is 64.2 cm³/mol. The quantitative estimate of drug-likeness (QED) is 0.520. The van der Waals surface area contributed by atoms with Crippen LogP contribution in [0.3, 0.4) is 0 Å². The summed E-state index contributed by atoms with van der Waals surface area (Å²) in [6.07, 6.45) is -0.324. The third-order valence-electron chi connectivity index (χ3n) is 1.45. The highest BCUT2D eigenvalue weighted by atomic mass is 16.5. The van der Waals surface area contributed by atoms with Crippen LogP contribution in [0.15, 0.2) is 0 Å². The average Bonchev–Trinajstić information content (AvgIpc) is 2.29. The van der Waals surface area contributed by atoms with Gasteiger partial charge < -0.3 is 29.2 Å². The van der Waals surface area contributed by atoms with Gasteiger partial charge in [-0.05, 0) is 6.92 Å². The fraction of sp³-hybridized carbons (Fsp3) is 1.00. The van der Waals surface area contributed by atoms with Crippen LogP contribution < -0.4 is 0 Å². The average molecular weight is 254 g/mol. The van der Waals surface area contributed by atoms with Crippen LogP contribution in [-0.4, -0.2) is 76.8 Å². The fourth-order valence-electron chi connectivity index (χ4n) is 0.770. The Hall–Kier alpha value is -0.240. The maximum absolute atomic E-state index is 8.43. The lowest BCUT2D eigenvalue weighted by molar-refractivity contribution is 0.0159. The van der Waals surface area contributed by atoms with E-state index in [1.54, 1.807) is 21.1 Å². The minimum absolute atomic E-state index is 0.0675. The van der Waals surface area contributed by atoms with Gasteiger partial charge in [0.2, 0.25) is 0 Å². The minimum Gasteiger partial charge on any atom is -0.394 e. The van der Waals surface area contributed by atoms with Crippen LogP contribution in [0.2, 0.25) is 0 Å². The first-order valence-corrected chi connectivity index (χ1v) is 5.61. The minimum atomic E-state index is -0.324. The molecule has 0 aromatic heterocycles. The molecule has 0 aliphatic heterocycles. The molecule has 0 saturated carbocycles. The zero-order valence-corrected chi connectivity index (χ0v) is 11.1. The molecule has 0 aliphatic carbocycles. The molecule has 0 aromatic carbocycles. The Balaban J connectivity index is 0. The highest BCUT2D eigenvalue weighted by Gasteiger charge is 1.88. The van der Waals surface area contributed by atoms with Gasteiger partial charge in [0.25, 0.3) is 0 Å². The highest BCUT2D eigenvalue weighted by Crippen LogP contribution is 1.78. The van der Waals surface area contributed by atoms with Gasteiger partial charge in [0.15, 0.2) is 0 Å². The van der Waals surface area contributed by atoms with E-state index in [2.05, 4.69) is 4.74 Å².